The molecule has 0 aromatic heterocycles. The minimum atomic E-state index is -6.15. The molecule has 24 heteroatoms. The zero-order valence-corrected chi connectivity index (χ0v) is 51.3. The normalized spacial score (nSPS) is 18.1. The lowest BCUT2D eigenvalue weighted by molar-refractivity contribution is -0.136. The van der Waals surface area contributed by atoms with E-state index >= 15 is 0 Å². The van der Waals surface area contributed by atoms with Gasteiger partial charge >= 0.3 is 5.51 Å². The molecule has 458 valence electrons. The molecule has 0 bridgehead atoms. The number of unbranched alkanes of at least 4 members (excludes halogenated alkanes) is 2. The molecule has 17 nitrogen and oxygen atoms in total. The molecule has 2 fully saturated rings. The number of benzene rings is 5. The van der Waals surface area contributed by atoms with E-state index in [9.17, 15) is 54.0 Å². The van der Waals surface area contributed by atoms with Gasteiger partial charge in [-0.2, -0.15) is 13.2 Å². The number of allylic oxidation sites excluding steroid dienone is 1. The molecule has 9 rings (SSSR count). The average Bonchev–Trinajstić information content (AvgIpc) is 1.52. The topological polar surface area (TPSA) is 215 Å². The van der Waals surface area contributed by atoms with Crippen LogP contribution in [0.15, 0.2) is 136 Å². The minimum absolute atomic E-state index is 0.00742. The number of thioether (sulfide) groups is 1. The van der Waals surface area contributed by atoms with Gasteiger partial charge in [-0.3, -0.25) is 39.1 Å². The average molecular weight is 1260 g/mol. The number of rotatable bonds is 24. The number of sulfonamides is 1. The third-order valence-electron chi connectivity index (χ3n) is 16.1. The van der Waals surface area contributed by atoms with Gasteiger partial charge in [-0.1, -0.05) is 73.8 Å². The van der Waals surface area contributed by atoms with Gasteiger partial charge in [0.25, 0.3) is 37.6 Å². The highest BCUT2D eigenvalue weighted by Gasteiger charge is 2.49. The fraction of sp³-hybridized carbons (Fsp3) is 0.403. The number of nitrogens with one attached hydrogen (secondary N) is 4. The number of fused-ring (bicyclic) bond motifs is 1. The number of hydrogen-bond acceptors (Lipinski definition) is 15. The highest BCUT2D eigenvalue weighted by atomic mass is 35.5. The fourth-order valence-corrected chi connectivity index (χ4v) is 14.5. The van der Waals surface area contributed by atoms with Crippen LogP contribution in [0.25, 0.3) is 5.57 Å². The van der Waals surface area contributed by atoms with E-state index in [0.29, 0.717) is 62.3 Å². The Bertz CT molecular complexity index is 3600. The summed E-state index contributed by atoms with van der Waals surface area (Å²) in [6.07, 6.45) is 5.64. The van der Waals surface area contributed by atoms with Gasteiger partial charge in [0.15, 0.2) is 0 Å². The Balaban J connectivity index is 0.799. The SMILES string of the molecule is CN(CCCCCNc1cccc2c1C(=O)N(C1CCC(=O)NC1=O)C2=O)CC[C@H](CSc1ccccc1)Nc1ccc(S(=O)(=O)NC(=O)c2ccc(N3CCN(CC4=C(c5ccc(Cl)cc5)CCC(C)(C)C4)CC3)cc2)cc1S(=O)(=O)C(F)(F)F. The summed E-state index contributed by atoms with van der Waals surface area (Å²) in [5.74, 6) is -3.14. The van der Waals surface area contributed by atoms with Crippen molar-refractivity contribution in [1.29, 1.82) is 0 Å². The monoisotopic (exact) mass is 1260 g/mol. The van der Waals surface area contributed by atoms with Gasteiger partial charge in [0, 0.05) is 84.3 Å². The molecule has 86 heavy (non-hydrogen) atoms. The van der Waals surface area contributed by atoms with Crippen molar-refractivity contribution in [3.63, 3.8) is 0 Å². The van der Waals surface area contributed by atoms with Crippen LogP contribution in [-0.4, -0.2) is 144 Å². The van der Waals surface area contributed by atoms with Crippen molar-refractivity contribution in [2.75, 3.05) is 80.7 Å². The first-order valence-electron chi connectivity index (χ1n) is 28.7. The first kappa shape index (κ1) is 63.7. The lowest BCUT2D eigenvalue weighted by atomic mass is 9.73. The molecule has 5 aromatic rings. The summed E-state index contributed by atoms with van der Waals surface area (Å²) >= 11 is 7.61. The summed E-state index contributed by atoms with van der Waals surface area (Å²) in [5, 5.41) is 9.14. The molecular formula is C62H70ClF3N8O9S3. The van der Waals surface area contributed by atoms with Gasteiger partial charge in [0.1, 0.15) is 10.9 Å². The van der Waals surface area contributed by atoms with Crippen LogP contribution in [0.5, 0.6) is 0 Å². The lowest BCUT2D eigenvalue weighted by Gasteiger charge is -2.39. The Morgan fingerprint density at radius 1 is 0.826 bits per heavy atom. The van der Waals surface area contributed by atoms with Gasteiger partial charge in [0.05, 0.1) is 21.7 Å². The highest BCUT2D eigenvalue weighted by Crippen LogP contribution is 2.43. The van der Waals surface area contributed by atoms with Crippen LogP contribution >= 0.6 is 23.4 Å². The van der Waals surface area contributed by atoms with Crippen molar-refractivity contribution in [1.82, 2.24) is 24.7 Å². The minimum Gasteiger partial charge on any atom is -0.384 e. The number of carbonyl (C=O) groups is 5. The largest absolute Gasteiger partial charge is 0.501 e. The van der Waals surface area contributed by atoms with Crippen molar-refractivity contribution >= 4 is 95.4 Å². The van der Waals surface area contributed by atoms with Crippen LogP contribution in [0.4, 0.5) is 30.2 Å². The Labute approximate surface area is 509 Å². The summed E-state index contributed by atoms with van der Waals surface area (Å²) in [5.41, 5.74) is -0.502. The molecule has 5 amide bonds. The maximum atomic E-state index is 14.5. The molecule has 3 aliphatic heterocycles. The summed E-state index contributed by atoms with van der Waals surface area (Å²) in [7, 11) is -9.20. The van der Waals surface area contributed by atoms with Crippen LogP contribution in [0, 0.1) is 5.41 Å². The molecule has 5 aromatic carbocycles. The molecule has 0 saturated carbocycles. The van der Waals surface area contributed by atoms with Crippen LogP contribution < -0.4 is 25.6 Å². The maximum Gasteiger partial charge on any atom is 0.501 e. The van der Waals surface area contributed by atoms with Gasteiger partial charge in [-0.05, 0) is 160 Å². The molecular weight excluding hydrogens is 1190 g/mol. The zero-order chi connectivity index (χ0) is 61.6. The van der Waals surface area contributed by atoms with E-state index in [2.05, 4.69) is 51.7 Å². The lowest BCUT2D eigenvalue weighted by Crippen LogP contribution is -2.54. The van der Waals surface area contributed by atoms with E-state index in [1.165, 1.54) is 46.7 Å². The Hall–Kier alpha value is -6.76. The Kier molecular flexibility index (Phi) is 20.1. The van der Waals surface area contributed by atoms with E-state index in [4.69, 9.17) is 11.6 Å². The smallest absolute Gasteiger partial charge is 0.384 e. The van der Waals surface area contributed by atoms with Gasteiger partial charge in [-0.15, -0.1) is 11.8 Å². The number of amides is 5. The Morgan fingerprint density at radius 3 is 2.24 bits per heavy atom. The molecule has 1 unspecified atom stereocenters. The second kappa shape index (κ2) is 27.1. The van der Waals surface area contributed by atoms with E-state index in [0.717, 1.165) is 79.4 Å². The number of alkyl halides is 3. The molecule has 2 atom stereocenters. The number of carbonyl (C=O) groups excluding carboxylic acids is 5. The van der Waals surface area contributed by atoms with Crippen molar-refractivity contribution in [3.05, 3.63) is 148 Å². The van der Waals surface area contributed by atoms with Crippen LogP contribution in [0.2, 0.25) is 5.02 Å². The molecule has 0 radical (unpaired) electrons. The molecule has 4 aliphatic rings. The highest BCUT2D eigenvalue weighted by molar-refractivity contribution is 7.99. The number of imide groups is 2. The van der Waals surface area contributed by atoms with Crippen LogP contribution in [0.3, 0.4) is 0 Å². The van der Waals surface area contributed by atoms with Gasteiger partial charge in [0.2, 0.25) is 11.8 Å². The van der Waals surface area contributed by atoms with E-state index in [1.54, 1.807) is 24.3 Å². The predicted molar refractivity (Wildman–Crippen MR) is 328 cm³/mol. The van der Waals surface area contributed by atoms with Crippen molar-refractivity contribution in [2.45, 2.75) is 104 Å². The number of piperidine rings is 1. The van der Waals surface area contributed by atoms with E-state index < -0.39 is 82.5 Å². The number of piperazine rings is 1. The van der Waals surface area contributed by atoms with E-state index in [1.807, 2.05) is 59.1 Å². The van der Waals surface area contributed by atoms with E-state index in [-0.39, 0.29) is 40.7 Å². The van der Waals surface area contributed by atoms with Crippen LogP contribution in [-0.2, 0) is 29.4 Å². The van der Waals surface area contributed by atoms with Gasteiger partial charge in [-0.25, -0.2) is 21.6 Å². The summed E-state index contributed by atoms with van der Waals surface area (Å²) < 4.78 is 99.5. The number of halogens is 4. The second-order valence-corrected chi connectivity index (χ2v) is 28.1. The molecule has 4 N–H and O–H groups in total. The number of hydrogen-bond donors (Lipinski definition) is 4. The quantitative estimate of drug-likeness (QED) is 0.0257. The Morgan fingerprint density at radius 2 is 1.55 bits per heavy atom. The zero-order valence-electron chi connectivity index (χ0n) is 48.1. The van der Waals surface area contributed by atoms with Gasteiger partial charge < -0.3 is 20.4 Å². The standard InChI is InChI=1S/C62H70ClF3N8O9S3/c1-61(2)29-27-49(41-15-19-44(63)20-16-41)43(38-61)39-72-33-35-73(36-34-72)46-21-17-42(18-22-46)57(76)70-86(82,83)48-23-24-51(54(37-48)85(80,81)62(64,65)66)68-45(40-84-47-11-6-4-7-12-47)28-32-71(3)31-9-5-8-30-67-52-14-10-13-50-56(52)60(79)74(59(50)78)53-25-26-55(75)69-58(53)77/h4,6-7,10-24,37,45,53,67-68H,5,8-9,25-36,38-40H2,1-3H3,(H,70,76)(H,69,75,77)/t45-,53?/m1/s1. The predicted octanol–water partition coefficient (Wildman–Crippen LogP) is 10.1. The molecule has 1 aliphatic carbocycles. The van der Waals surface area contributed by atoms with Crippen molar-refractivity contribution < 1.29 is 54.0 Å². The number of anilines is 3. The molecule has 3 heterocycles. The summed E-state index contributed by atoms with van der Waals surface area (Å²) in [6.45, 7) is 9.97. The second-order valence-electron chi connectivity index (χ2n) is 23.0. The van der Waals surface area contributed by atoms with Crippen molar-refractivity contribution in [3.8, 4) is 0 Å². The molecule has 2 saturated heterocycles. The first-order chi connectivity index (χ1) is 40.9. The number of sulfone groups is 1. The maximum absolute atomic E-state index is 14.5. The first-order valence-corrected chi connectivity index (χ1v) is 33.0. The third kappa shape index (κ3) is 15.3. The van der Waals surface area contributed by atoms with Crippen LogP contribution in [0.1, 0.15) is 108 Å². The number of nitrogens with zero attached hydrogens (tertiary/aromatic N) is 4. The van der Waals surface area contributed by atoms with Crippen molar-refractivity contribution in [2.24, 2.45) is 5.41 Å². The molecule has 0 spiro atoms. The third-order valence-corrected chi connectivity index (χ3v) is 20.4. The summed E-state index contributed by atoms with van der Waals surface area (Å²) in [4.78, 5) is 70.8. The fourth-order valence-electron chi connectivity index (χ4n) is 11.4. The summed E-state index contributed by atoms with van der Waals surface area (Å²) in [6, 6.07) is 29.1.